The number of carbonyl (C=O) groups is 2. The summed E-state index contributed by atoms with van der Waals surface area (Å²) >= 11 is 0. The molecule has 0 spiro atoms. The van der Waals surface area contributed by atoms with Crippen LogP contribution < -0.4 is 10.6 Å². The van der Waals surface area contributed by atoms with Crippen LogP contribution in [0, 0.1) is 0 Å². The summed E-state index contributed by atoms with van der Waals surface area (Å²) in [6.07, 6.45) is 2.14. The molecular formula is C20H31N3O5S. The van der Waals surface area contributed by atoms with Gasteiger partial charge in [-0.05, 0) is 58.7 Å². The van der Waals surface area contributed by atoms with E-state index in [-0.39, 0.29) is 29.6 Å². The third kappa shape index (κ3) is 6.71. The highest BCUT2D eigenvalue weighted by Crippen LogP contribution is 2.25. The number of hydrogen-bond acceptors (Lipinski definition) is 5. The van der Waals surface area contributed by atoms with Gasteiger partial charge in [-0.2, -0.15) is 4.31 Å². The molecule has 0 radical (unpaired) electrons. The van der Waals surface area contributed by atoms with Crippen molar-refractivity contribution in [3.8, 4) is 0 Å². The molecule has 1 fully saturated rings. The molecule has 0 saturated carbocycles. The van der Waals surface area contributed by atoms with Crippen LogP contribution in [0.1, 0.15) is 57.3 Å². The van der Waals surface area contributed by atoms with Gasteiger partial charge in [0.25, 0.3) is 5.91 Å². The van der Waals surface area contributed by atoms with Gasteiger partial charge in [-0.1, -0.05) is 12.5 Å². The molecule has 29 heavy (non-hydrogen) atoms. The van der Waals surface area contributed by atoms with Crippen LogP contribution in [0.3, 0.4) is 0 Å². The molecule has 2 rings (SSSR count). The molecule has 2 amide bonds. The molecule has 1 heterocycles. The Hall–Kier alpha value is -2.13. The number of benzene rings is 1. The fourth-order valence-electron chi connectivity index (χ4n) is 3.12. The highest BCUT2D eigenvalue weighted by atomic mass is 32.2. The van der Waals surface area contributed by atoms with Gasteiger partial charge in [0.2, 0.25) is 10.0 Å². The third-order valence-electron chi connectivity index (χ3n) is 4.52. The predicted molar refractivity (Wildman–Crippen MR) is 110 cm³/mol. The molecule has 1 atom stereocenters. The van der Waals surface area contributed by atoms with Crippen molar-refractivity contribution in [3.05, 3.63) is 29.8 Å². The summed E-state index contributed by atoms with van der Waals surface area (Å²) in [6, 6.07) is 5.99. The topological polar surface area (TPSA) is 105 Å². The van der Waals surface area contributed by atoms with Crippen LogP contribution in [-0.4, -0.2) is 56.0 Å². The molecule has 0 aromatic heterocycles. The van der Waals surface area contributed by atoms with Crippen molar-refractivity contribution in [2.75, 3.05) is 19.6 Å². The number of sulfonamides is 1. The second kappa shape index (κ2) is 9.58. The summed E-state index contributed by atoms with van der Waals surface area (Å²) in [5.74, 6) is -0.403. The van der Waals surface area contributed by atoms with Crippen molar-refractivity contribution in [2.45, 2.75) is 63.5 Å². The molecule has 1 unspecified atom stereocenters. The van der Waals surface area contributed by atoms with Gasteiger partial charge in [-0.15, -0.1) is 0 Å². The van der Waals surface area contributed by atoms with E-state index < -0.39 is 27.6 Å². The summed E-state index contributed by atoms with van der Waals surface area (Å²) in [5, 5.41) is 5.22. The van der Waals surface area contributed by atoms with Gasteiger partial charge < -0.3 is 15.4 Å². The maximum atomic E-state index is 13.0. The van der Waals surface area contributed by atoms with E-state index in [1.807, 2.05) is 6.92 Å². The van der Waals surface area contributed by atoms with E-state index in [9.17, 15) is 18.0 Å². The molecule has 9 heteroatoms. The molecule has 1 saturated heterocycles. The number of nitrogens with one attached hydrogen (secondary N) is 2. The minimum Gasteiger partial charge on any atom is -0.444 e. The maximum absolute atomic E-state index is 13.0. The summed E-state index contributed by atoms with van der Waals surface area (Å²) in [7, 11) is -3.64. The number of amides is 2. The van der Waals surface area contributed by atoms with E-state index in [1.54, 1.807) is 32.9 Å². The third-order valence-corrected chi connectivity index (χ3v) is 6.53. The molecule has 1 aromatic rings. The van der Waals surface area contributed by atoms with Gasteiger partial charge in [0.15, 0.2) is 0 Å². The summed E-state index contributed by atoms with van der Waals surface area (Å²) in [5.41, 5.74) is -0.335. The van der Waals surface area contributed by atoms with Crippen LogP contribution in [0.5, 0.6) is 0 Å². The van der Waals surface area contributed by atoms with Crippen LogP contribution in [0.4, 0.5) is 4.79 Å². The Morgan fingerprint density at radius 3 is 2.52 bits per heavy atom. The summed E-state index contributed by atoms with van der Waals surface area (Å²) < 4.78 is 32.5. The largest absolute Gasteiger partial charge is 0.444 e. The molecule has 1 aliphatic heterocycles. The SMILES string of the molecule is CC1CCCCN1S(=O)(=O)c1cccc(C(=O)NCCNC(=O)OC(C)(C)C)c1. The van der Waals surface area contributed by atoms with Gasteiger partial charge >= 0.3 is 6.09 Å². The zero-order chi connectivity index (χ0) is 21.7. The molecule has 1 aromatic carbocycles. The average molecular weight is 426 g/mol. The van der Waals surface area contributed by atoms with Crippen LogP contribution in [-0.2, 0) is 14.8 Å². The highest BCUT2D eigenvalue weighted by molar-refractivity contribution is 7.89. The van der Waals surface area contributed by atoms with Gasteiger partial charge in [0, 0.05) is 31.2 Å². The Morgan fingerprint density at radius 1 is 1.17 bits per heavy atom. The number of hydrogen-bond donors (Lipinski definition) is 2. The molecule has 1 aliphatic rings. The monoisotopic (exact) mass is 425 g/mol. The van der Waals surface area contributed by atoms with E-state index >= 15 is 0 Å². The van der Waals surface area contributed by atoms with E-state index in [2.05, 4.69) is 10.6 Å². The van der Waals surface area contributed by atoms with Crippen molar-refractivity contribution in [1.29, 1.82) is 0 Å². The molecule has 162 valence electrons. The fraction of sp³-hybridized carbons (Fsp3) is 0.600. The van der Waals surface area contributed by atoms with E-state index in [4.69, 9.17) is 4.74 Å². The zero-order valence-electron chi connectivity index (χ0n) is 17.5. The number of piperidine rings is 1. The average Bonchev–Trinajstić information content (AvgIpc) is 2.64. The second-order valence-corrected chi connectivity index (χ2v) is 10.1. The minimum atomic E-state index is -3.64. The van der Waals surface area contributed by atoms with Crippen molar-refractivity contribution in [3.63, 3.8) is 0 Å². The molecule has 8 nitrogen and oxygen atoms in total. The second-order valence-electron chi connectivity index (χ2n) is 8.17. The Bertz CT molecular complexity index is 833. The Kier molecular flexibility index (Phi) is 7.65. The first-order valence-corrected chi connectivity index (χ1v) is 11.3. The van der Waals surface area contributed by atoms with Gasteiger partial charge in [-0.25, -0.2) is 13.2 Å². The van der Waals surface area contributed by atoms with Crippen LogP contribution in [0.15, 0.2) is 29.2 Å². The quantitative estimate of drug-likeness (QED) is 0.682. The Morgan fingerprint density at radius 2 is 1.86 bits per heavy atom. The minimum absolute atomic E-state index is 0.0508. The lowest BCUT2D eigenvalue weighted by atomic mass is 10.1. The first-order valence-electron chi connectivity index (χ1n) is 9.88. The molecule has 2 N–H and O–H groups in total. The fourth-order valence-corrected chi connectivity index (χ4v) is 4.86. The van der Waals surface area contributed by atoms with Crippen LogP contribution in [0.25, 0.3) is 0 Å². The van der Waals surface area contributed by atoms with Crippen molar-refractivity contribution in [2.24, 2.45) is 0 Å². The van der Waals surface area contributed by atoms with Crippen molar-refractivity contribution in [1.82, 2.24) is 14.9 Å². The number of ether oxygens (including phenoxy) is 1. The first-order chi connectivity index (χ1) is 13.5. The van der Waals surface area contributed by atoms with Gasteiger partial charge in [-0.3, -0.25) is 4.79 Å². The summed E-state index contributed by atoms with van der Waals surface area (Å²) in [6.45, 7) is 8.09. The standard InChI is InChI=1S/C20H31N3O5S/c1-15-8-5-6-13-23(15)29(26,27)17-10-7-9-16(14-17)18(24)21-11-12-22-19(25)28-20(2,3)4/h7,9-10,14-15H,5-6,8,11-13H2,1-4H3,(H,21,24)(H,22,25). The van der Waals surface area contributed by atoms with E-state index in [1.165, 1.54) is 16.4 Å². The lowest BCUT2D eigenvalue weighted by Gasteiger charge is -2.32. The van der Waals surface area contributed by atoms with E-state index in [0.717, 1.165) is 19.3 Å². The lowest BCUT2D eigenvalue weighted by molar-refractivity contribution is 0.0526. The lowest BCUT2D eigenvalue weighted by Crippen LogP contribution is -2.42. The van der Waals surface area contributed by atoms with Crippen LogP contribution in [0.2, 0.25) is 0 Å². The summed E-state index contributed by atoms with van der Waals surface area (Å²) in [4.78, 5) is 24.1. The van der Waals surface area contributed by atoms with Crippen LogP contribution >= 0.6 is 0 Å². The van der Waals surface area contributed by atoms with E-state index in [0.29, 0.717) is 6.54 Å². The van der Waals surface area contributed by atoms with Gasteiger partial charge in [0.05, 0.1) is 4.90 Å². The van der Waals surface area contributed by atoms with Crippen molar-refractivity contribution >= 4 is 22.0 Å². The zero-order valence-corrected chi connectivity index (χ0v) is 18.3. The van der Waals surface area contributed by atoms with Gasteiger partial charge in [0.1, 0.15) is 5.60 Å². The Balaban J connectivity index is 1.95. The normalized spacial score (nSPS) is 18.1. The number of rotatable bonds is 6. The predicted octanol–water partition coefficient (Wildman–Crippen LogP) is 2.50. The maximum Gasteiger partial charge on any atom is 0.407 e. The molecule has 0 bridgehead atoms. The molecule has 0 aliphatic carbocycles. The number of carbonyl (C=O) groups excluding carboxylic acids is 2. The smallest absolute Gasteiger partial charge is 0.407 e. The molecular weight excluding hydrogens is 394 g/mol. The van der Waals surface area contributed by atoms with Crippen molar-refractivity contribution < 1.29 is 22.7 Å². The number of alkyl carbamates (subject to hydrolysis) is 1. The first kappa shape index (κ1) is 23.2. The number of nitrogens with zero attached hydrogens (tertiary/aromatic N) is 1. The Labute approximate surface area is 173 Å². The highest BCUT2D eigenvalue weighted by Gasteiger charge is 2.31.